The van der Waals surface area contributed by atoms with Crippen LogP contribution in [0.25, 0.3) is 0 Å². The van der Waals surface area contributed by atoms with Crippen LogP contribution < -0.4 is 40.8 Å². The van der Waals surface area contributed by atoms with Gasteiger partial charge in [-0.15, -0.1) is 0 Å². The molecule has 0 N–H and O–H groups in total. The first-order chi connectivity index (χ1) is 20.3. The molecule has 0 aromatic heterocycles. The van der Waals surface area contributed by atoms with Crippen LogP contribution in [0.4, 0.5) is 22.7 Å². The van der Waals surface area contributed by atoms with Crippen molar-refractivity contribution in [3.05, 3.63) is 97.1 Å². The molecule has 228 valence electrons. The van der Waals surface area contributed by atoms with E-state index in [4.69, 9.17) is 0 Å². The lowest BCUT2D eigenvalue weighted by Gasteiger charge is -2.25. The summed E-state index contributed by atoms with van der Waals surface area (Å²) in [5.41, 5.74) is 4.24. The zero-order chi connectivity index (χ0) is 31.4. The molecule has 0 saturated carbocycles. The van der Waals surface area contributed by atoms with Crippen molar-refractivity contribution in [2.45, 2.75) is 6.42 Å². The Morgan fingerprint density at radius 3 is 0.721 bits per heavy atom. The minimum absolute atomic E-state index is 0.436. The fourth-order valence-corrected chi connectivity index (χ4v) is 10.9. The van der Waals surface area contributed by atoms with Crippen molar-refractivity contribution in [1.29, 1.82) is 0 Å². The van der Waals surface area contributed by atoms with Crippen molar-refractivity contribution in [2.24, 2.45) is 0 Å². The summed E-state index contributed by atoms with van der Waals surface area (Å²) in [4.78, 5) is 8.17. The van der Waals surface area contributed by atoms with Crippen molar-refractivity contribution < 1.29 is 9.13 Å². The molecule has 0 saturated heterocycles. The second-order valence-electron chi connectivity index (χ2n) is 11.9. The van der Waals surface area contributed by atoms with Crippen LogP contribution in [-0.2, 0) is 9.13 Å². The van der Waals surface area contributed by atoms with Crippen LogP contribution in [0.1, 0.15) is 6.42 Å². The van der Waals surface area contributed by atoms with Crippen molar-refractivity contribution in [3.63, 3.8) is 0 Å². The summed E-state index contributed by atoms with van der Waals surface area (Å²) < 4.78 is 30.1. The number of hydrogen-bond donors (Lipinski definition) is 0. The third-order valence-electron chi connectivity index (χ3n) is 8.08. The maximum absolute atomic E-state index is 15.0. The van der Waals surface area contributed by atoms with Gasteiger partial charge < -0.3 is 28.7 Å². The molecule has 0 aliphatic heterocycles. The van der Waals surface area contributed by atoms with Gasteiger partial charge >= 0.3 is 0 Å². The van der Waals surface area contributed by atoms with Crippen LogP contribution in [0.5, 0.6) is 0 Å². The molecular weight excluding hydrogens is 570 g/mol. The predicted molar refractivity (Wildman–Crippen MR) is 191 cm³/mol. The Morgan fingerprint density at radius 1 is 0.372 bits per heavy atom. The summed E-state index contributed by atoms with van der Waals surface area (Å²) >= 11 is 0. The van der Waals surface area contributed by atoms with Gasteiger partial charge in [0, 0.05) is 113 Å². The molecular formula is C35H46N4O2P2. The maximum atomic E-state index is 15.0. The van der Waals surface area contributed by atoms with E-state index in [1.807, 2.05) is 173 Å². The second kappa shape index (κ2) is 13.5. The fraction of sp³-hybridized carbons (Fsp3) is 0.314. The molecule has 0 aliphatic carbocycles. The average Bonchev–Trinajstić information content (AvgIpc) is 3.01. The van der Waals surface area contributed by atoms with Gasteiger partial charge in [0.05, 0.1) is 0 Å². The molecule has 0 aliphatic rings. The standard InChI is InChI=1S/C35H46N4O2P2/c1-36(2)28-10-18-32(19-11-28)42(40,33-20-12-29(13-21-33)37(3)4)26-9-27-43(41,34-22-14-30(15-23-34)38(5)6)35-24-16-31(17-25-35)39(7)8/h10-25H,9,26-27H2,1-8H3. The zero-order valence-corrected chi connectivity index (χ0v) is 28.6. The van der Waals surface area contributed by atoms with Gasteiger partial charge in [0.2, 0.25) is 0 Å². The smallest absolute Gasteiger partial charge is 0.143 e. The van der Waals surface area contributed by atoms with E-state index in [0.717, 1.165) is 44.0 Å². The topological polar surface area (TPSA) is 47.1 Å². The van der Waals surface area contributed by atoms with Crippen LogP contribution in [0.3, 0.4) is 0 Å². The largest absolute Gasteiger partial charge is 0.378 e. The highest BCUT2D eigenvalue weighted by Crippen LogP contribution is 2.49. The van der Waals surface area contributed by atoms with E-state index in [1.165, 1.54) is 0 Å². The van der Waals surface area contributed by atoms with E-state index in [1.54, 1.807) is 0 Å². The molecule has 43 heavy (non-hydrogen) atoms. The van der Waals surface area contributed by atoms with Gasteiger partial charge in [0.25, 0.3) is 0 Å². The average molecular weight is 617 g/mol. The maximum Gasteiger partial charge on any atom is 0.143 e. The van der Waals surface area contributed by atoms with Gasteiger partial charge in [-0.2, -0.15) is 0 Å². The molecule has 0 unspecified atom stereocenters. The lowest BCUT2D eigenvalue weighted by Crippen LogP contribution is -2.23. The fourth-order valence-electron chi connectivity index (χ4n) is 5.30. The zero-order valence-electron chi connectivity index (χ0n) is 26.9. The Hall–Kier alpha value is -3.46. The lowest BCUT2D eigenvalue weighted by atomic mass is 10.3. The van der Waals surface area contributed by atoms with Crippen LogP contribution in [-0.4, -0.2) is 68.7 Å². The number of rotatable bonds is 12. The molecule has 8 heteroatoms. The van der Waals surface area contributed by atoms with Gasteiger partial charge in [0.15, 0.2) is 0 Å². The molecule has 0 amide bonds. The molecule has 6 nitrogen and oxygen atoms in total. The third-order valence-corrected chi connectivity index (χ3v) is 14.5. The molecule has 0 heterocycles. The Kier molecular flexibility index (Phi) is 10.2. The predicted octanol–water partition coefficient (Wildman–Crippen LogP) is 5.67. The van der Waals surface area contributed by atoms with Crippen molar-refractivity contribution in [2.75, 3.05) is 88.3 Å². The summed E-state index contributed by atoms with van der Waals surface area (Å²) in [5, 5.41) is 3.32. The van der Waals surface area contributed by atoms with Crippen LogP contribution in [0.15, 0.2) is 97.1 Å². The highest BCUT2D eigenvalue weighted by molar-refractivity contribution is 7.79. The molecule has 0 fully saturated rings. The van der Waals surface area contributed by atoms with Gasteiger partial charge in [-0.05, 0) is 103 Å². The van der Waals surface area contributed by atoms with E-state index in [2.05, 4.69) is 0 Å². The highest BCUT2D eigenvalue weighted by atomic mass is 31.2. The van der Waals surface area contributed by atoms with Crippen LogP contribution >= 0.6 is 14.3 Å². The van der Waals surface area contributed by atoms with Crippen molar-refractivity contribution >= 4 is 58.3 Å². The second-order valence-corrected chi connectivity index (χ2v) is 17.8. The first kappa shape index (κ1) is 32.5. The normalized spacial score (nSPS) is 11.7. The summed E-state index contributed by atoms with van der Waals surface area (Å²) in [6.07, 6.45) is 1.43. The third kappa shape index (κ3) is 7.20. The summed E-state index contributed by atoms with van der Waals surface area (Å²) in [6.45, 7) is 0. The summed E-state index contributed by atoms with van der Waals surface area (Å²) in [7, 11) is 10.0. The van der Waals surface area contributed by atoms with Gasteiger partial charge in [-0.1, -0.05) is 0 Å². The van der Waals surface area contributed by atoms with E-state index in [-0.39, 0.29) is 0 Å². The first-order valence-corrected chi connectivity index (χ1v) is 18.4. The molecule has 0 atom stereocenters. The van der Waals surface area contributed by atoms with Gasteiger partial charge in [-0.3, -0.25) is 0 Å². The van der Waals surface area contributed by atoms with E-state index in [9.17, 15) is 0 Å². The van der Waals surface area contributed by atoms with Gasteiger partial charge in [0.1, 0.15) is 14.3 Å². The van der Waals surface area contributed by atoms with Gasteiger partial charge in [-0.25, -0.2) is 0 Å². The molecule has 4 aromatic carbocycles. The Morgan fingerprint density at radius 2 is 0.558 bits per heavy atom. The molecule has 4 aromatic rings. The summed E-state index contributed by atoms with van der Waals surface area (Å²) in [6, 6.07) is 32.2. The monoisotopic (exact) mass is 616 g/mol. The summed E-state index contributed by atoms with van der Waals surface area (Å²) in [5.74, 6) is 0. The first-order valence-electron chi connectivity index (χ1n) is 14.6. The minimum Gasteiger partial charge on any atom is -0.378 e. The number of hydrogen-bond acceptors (Lipinski definition) is 6. The Bertz CT molecular complexity index is 1350. The Balaban J connectivity index is 1.71. The highest BCUT2D eigenvalue weighted by Gasteiger charge is 2.32. The SMILES string of the molecule is CN(C)c1ccc(P(=O)(CCCP(=O)(c2ccc(N(C)C)cc2)c2ccc(N(C)C)cc2)c2ccc(N(C)C)cc2)cc1. The van der Waals surface area contributed by atoms with E-state index in [0.29, 0.717) is 18.7 Å². The number of benzene rings is 4. The van der Waals surface area contributed by atoms with E-state index < -0.39 is 14.3 Å². The minimum atomic E-state index is -3.01. The molecule has 0 bridgehead atoms. The molecule has 4 rings (SSSR count). The van der Waals surface area contributed by atoms with Crippen LogP contribution in [0.2, 0.25) is 0 Å². The number of anilines is 4. The quantitative estimate of drug-likeness (QED) is 0.191. The molecule has 0 radical (unpaired) electrons. The van der Waals surface area contributed by atoms with E-state index >= 15 is 9.13 Å². The Labute approximate surface area is 258 Å². The van der Waals surface area contributed by atoms with Crippen LogP contribution in [0, 0.1) is 0 Å². The number of nitrogens with zero attached hydrogens (tertiary/aromatic N) is 4. The van der Waals surface area contributed by atoms with Crippen molar-refractivity contribution in [1.82, 2.24) is 0 Å². The van der Waals surface area contributed by atoms with Crippen molar-refractivity contribution in [3.8, 4) is 0 Å². The lowest BCUT2D eigenvalue weighted by molar-refractivity contribution is 0.583. The molecule has 0 spiro atoms.